The van der Waals surface area contributed by atoms with Crippen LogP contribution in [-0.4, -0.2) is 26.5 Å². The van der Waals surface area contributed by atoms with Crippen LogP contribution in [0.4, 0.5) is 0 Å². The highest BCUT2D eigenvalue weighted by Gasteiger charge is 2.10. The van der Waals surface area contributed by atoms with E-state index in [1.807, 2.05) is 28.8 Å². The molecule has 0 saturated carbocycles. The molecule has 0 aliphatic heterocycles. The molecule has 0 radical (unpaired) electrons. The van der Waals surface area contributed by atoms with Crippen molar-refractivity contribution in [2.45, 2.75) is 26.0 Å². The zero-order valence-corrected chi connectivity index (χ0v) is 9.13. The topological polar surface area (TPSA) is 55.1 Å². The predicted octanol–water partition coefficient (Wildman–Crippen LogP) is 1.38. The fourth-order valence-electron chi connectivity index (χ4n) is 1.78. The van der Waals surface area contributed by atoms with E-state index in [0.29, 0.717) is 6.54 Å². The molecule has 4 heteroatoms. The number of imidazole rings is 1. The molecular weight excluding hydrogens is 204 g/mol. The van der Waals surface area contributed by atoms with Gasteiger partial charge < -0.3 is 9.67 Å². The summed E-state index contributed by atoms with van der Waals surface area (Å²) in [6, 6.07) is 7.72. The van der Waals surface area contributed by atoms with Crippen LogP contribution in [0.25, 0.3) is 11.0 Å². The lowest BCUT2D eigenvalue weighted by Crippen LogP contribution is -2.18. The van der Waals surface area contributed by atoms with Crippen molar-refractivity contribution in [2.24, 2.45) is 0 Å². The molecule has 0 aliphatic carbocycles. The first-order valence-electron chi connectivity index (χ1n) is 5.24. The van der Waals surface area contributed by atoms with Gasteiger partial charge in [0.25, 0.3) is 0 Å². The molecule has 1 aromatic carbocycles. The SMILES string of the molecule is CC(=O)C[C@@H](O)Cn1cnc2ccccc21. The Labute approximate surface area is 93.5 Å². The van der Waals surface area contributed by atoms with Gasteiger partial charge in [-0.05, 0) is 19.1 Å². The smallest absolute Gasteiger partial charge is 0.132 e. The molecule has 16 heavy (non-hydrogen) atoms. The Bertz CT molecular complexity index is 504. The van der Waals surface area contributed by atoms with Crippen LogP contribution in [0, 0.1) is 0 Å². The minimum Gasteiger partial charge on any atom is -0.391 e. The van der Waals surface area contributed by atoms with Gasteiger partial charge in [0.2, 0.25) is 0 Å². The van der Waals surface area contributed by atoms with Crippen LogP contribution in [0.3, 0.4) is 0 Å². The number of fused-ring (bicyclic) bond motifs is 1. The zero-order chi connectivity index (χ0) is 11.5. The van der Waals surface area contributed by atoms with Crippen molar-refractivity contribution >= 4 is 16.8 Å². The van der Waals surface area contributed by atoms with Gasteiger partial charge in [-0.25, -0.2) is 4.98 Å². The molecule has 0 amide bonds. The molecule has 0 fully saturated rings. The van der Waals surface area contributed by atoms with Crippen molar-refractivity contribution < 1.29 is 9.90 Å². The number of ketones is 1. The van der Waals surface area contributed by atoms with Crippen LogP contribution in [-0.2, 0) is 11.3 Å². The number of para-hydroxylation sites is 2. The molecule has 4 nitrogen and oxygen atoms in total. The van der Waals surface area contributed by atoms with Gasteiger partial charge in [0.1, 0.15) is 5.78 Å². The molecule has 2 rings (SSSR count). The number of nitrogens with zero attached hydrogens (tertiary/aromatic N) is 2. The lowest BCUT2D eigenvalue weighted by Gasteiger charge is -2.09. The monoisotopic (exact) mass is 218 g/mol. The number of carbonyl (C=O) groups excluding carboxylic acids is 1. The Morgan fingerprint density at radius 3 is 3.00 bits per heavy atom. The number of hydrogen-bond acceptors (Lipinski definition) is 3. The molecule has 0 saturated heterocycles. The number of aliphatic hydroxyl groups is 1. The van der Waals surface area contributed by atoms with Gasteiger partial charge in [0, 0.05) is 6.42 Å². The summed E-state index contributed by atoms with van der Waals surface area (Å²) in [5.41, 5.74) is 1.88. The number of carbonyl (C=O) groups is 1. The van der Waals surface area contributed by atoms with Gasteiger partial charge in [-0.15, -0.1) is 0 Å². The molecule has 84 valence electrons. The minimum absolute atomic E-state index is 0.00285. The zero-order valence-electron chi connectivity index (χ0n) is 9.13. The third-order valence-electron chi connectivity index (χ3n) is 2.46. The fourth-order valence-corrected chi connectivity index (χ4v) is 1.78. The lowest BCUT2D eigenvalue weighted by molar-refractivity contribution is -0.118. The maximum Gasteiger partial charge on any atom is 0.132 e. The van der Waals surface area contributed by atoms with E-state index in [-0.39, 0.29) is 12.2 Å². The number of benzene rings is 1. The van der Waals surface area contributed by atoms with Crippen molar-refractivity contribution in [2.75, 3.05) is 0 Å². The molecule has 0 unspecified atom stereocenters. The first-order chi connectivity index (χ1) is 7.66. The van der Waals surface area contributed by atoms with Gasteiger partial charge in [-0.3, -0.25) is 4.79 Å². The standard InChI is InChI=1S/C12H14N2O2/c1-9(15)6-10(16)7-14-8-13-11-4-2-3-5-12(11)14/h2-5,8,10,16H,6-7H2,1H3/t10-/m1/s1. The first-order valence-corrected chi connectivity index (χ1v) is 5.24. The lowest BCUT2D eigenvalue weighted by atomic mass is 10.2. The molecule has 1 atom stereocenters. The average Bonchev–Trinajstić information content (AvgIpc) is 2.61. The van der Waals surface area contributed by atoms with Crippen molar-refractivity contribution in [3.63, 3.8) is 0 Å². The van der Waals surface area contributed by atoms with E-state index >= 15 is 0 Å². The molecule has 0 spiro atoms. The number of hydrogen-bond donors (Lipinski definition) is 1. The summed E-state index contributed by atoms with van der Waals surface area (Å²) in [6.45, 7) is 1.88. The van der Waals surface area contributed by atoms with E-state index in [1.165, 1.54) is 6.92 Å². The Kier molecular flexibility index (Phi) is 3.01. The van der Waals surface area contributed by atoms with E-state index in [9.17, 15) is 9.90 Å². The van der Waals surface area contributed by atoms with Crippen molar-refractivity contribution in [1.29, 1.82) is 0 Å². The fraction of sp³-hybridized carbons (Fsp3) is 0.333. The Morgan fingerprint density at radius 2 is 2.25 bits per heavy atom. The molecular formula is C12H14N2O2. The first kappa shape index (κ1) is 10.8. The van der Waals surface area contributed by atoms with Gasteiger partial charge in [-0.1, -0.05) is 12.1 Å². The number of rotatable bonds is 4. The van der Waals surface area contributed by atoms with Crippen molar-refractivity contribution in [1.82, 2.24) is 9.55 Å². The molecule has 0 aliphatic rings. The van der Waals surface area contributed by atoms with Gasteiger partial charge in [0.05, 0.1) is 30.0 Å². The Morgan fingerprint density at radius 1 is 1.50 bits per heavy atom. The predicted molar refractivity (Wildman–Crippen MR) is 61.0 cm³/mol. The highest BCUT2D eigenvalue weighted by molar-refractivity contribution is 5.76. The van der Waals surface area contributed by atoms with Crippen LogP contribution in [0.5, 0.6) is 0 Å². The van der Waals surface area contributed by atoms with E-state index in [1.54, 1.807) is 6.33 Å². The number of Topliss-reactive ketones (excluding diaryl/α,β-unsaturated/α-hetero) is 1. The summed E-state index contributed by atoms with van der Waals surface area (Å²) in [4.78, 5) is 15.1. The maximum absolute atomic E-state index is 10.9. The Hall–Kier alpha value is -1.68. The molecule has 2 aromatic rings. The minimum atomic E-state index is -0.643. The molecule has 1 aromatic heterocycles. The number of aromatic nitrogens is 2. The van der Waals surface area contributed by atoms with E-state index < -0.39 is 6.10 Å². The van der Waals surface area contributed by atoms with Gasteiger partial charge >= 0.3 is 0 Å². The number of aliphatic hydroxyl groups excluding tert-OH is 1. The second-order valence-corrected chi connectivity index (χ2v) is 3.95. The van der Waals surface area contributed by atoms with Gasteiger partial charge in [-0.2, -0.15) is 0 Å². The van der Waals surface area contributed by atoms with Gasteiger partial charge in [0.15, 0.2) is 0 Å². The van der Waals surface area contributed by atoms with E-state index in [2.05, 4.69) is 4.98 Å². The van der Waals surface area contributed by atoms with Crippen molar-refractivity contribution in [3.8, 4) is 0 Å². The Balaban J connectivity index is 2.18. The molecule has 0 bridgehead atoms. The van der Waals surface area contributed by atoms with E-state index in [4.69, 9.17) is 0 Å². The summed E-state index contributed by atoms with van der Waals surface area (Å²) in [7, 11) is 0. The third kappa shape index (κ3) is 2.28. The van der Waals surface area contributed by atoms with Crippen LogP contribution in [0.2, 0.25) is 0 Å². The second-order valence-electron chi connectivity index (χ2n) is 3.95. The maximum atomic E-state index is 10.9. The van der Waals surface area contributed by atoms with Crippen LogP contribution in [0.1, 0.15) is 13.3 Å². The van der Waals surface area contributed by atoms with Crippen LogP contribution in [0.15, 0.2) is 30.6 Å². The highest BCUT2D eigenvalue weighted by atomic mass is 16.3. The largest absolute Gasteiger partial charge is 0.391 e. The van der Waals surface area contributed by atoms with E-state index in [0.717, 1.165) is 11.0 Å². The summed E-state index contributed by atoms with van der Waals surface area (Å²) < 4.78 is 1.86. The summed E-state index contributed by atoms with van der Waals surface area (Å²) in [6.07, 6.45) is 1.23. The second kappa shape index (κ2) is 4.45. The van der Waals surface area contributed by atoms with Crippen LogP contribution >= 0.6 is 0 Å². The highest BCUT2D eigenvalue weighted by Crippen LogP contribution is 2.12. The molecule has 1 N–H and O–H groups in total. The van der Waals surface area contributed by atoms with Crippen LogP contribution < -0.4 is 0 Å². The third-order valence-corrected chi connectivity index (χ3v) is 2.46. The molecule has 1 heterocycles. The summed E-state index contributed by atoms with van der Waals surface area (Å²) in [5.74, 6) is -0.00285. The van der Waals surface area contributed by atoms with Crippen molar-refractivity contribution in [3.05, 3.63) is 30.6 Å². The average molecular weight is 218 g/mol. The summed E-state index contributed by atoms with van der Waals surface area (Å²) >= 11 is 0. The normalized spacial score (nSPS) is 12.9. The summed E-state index contributed by atoms with van der Waals surface area (Å²) in [5, 5.41) is 9.68. The quantitative estimate of drug-likeness (QED) is 0.843.